The van der Waals surface area contributed by atoms with Gasteiger partial charge in [0.15, 0.2) is 0 Å². The number of benzene rings is 1. The van der Waals surface area contributed by atoms with E-state index in [1.165, 1.54) is 12.8 Å². The standard InChI is InChI=1S/C18H20N8/c1-19-26-15(12-5-6-12)10-21-16-7-8-20-18(25-16)22-9-13-3-2-4-14-17(13)24-11-23-14/h2-4,7-8,10-12,26H,1,5-6,9H2,(H,23,24)(H2,20,21,22,25)/b15-10-. The zero-order chi connectivity index (χ0) is 17.8. The van der Waals surface area contributed by atoms with E-state index >= 15 is 0 Å². The molecular formula is C18H20N8. The first kappa shape index (κ1) is 16.1. The Hall–Kier alpha value is -3.42. The molecule has 1 saturated carbocycles. The van der Waals surface area contributed by atoms with E-state index in [4.69, 9.17) is 0 Å². The third-order valence-electron chi connectivity index (χ3n) is 4.23. The maximum atomic E-state index is 4.49. The molecule has 4 rings (SSSR count). The number of aromatic nitrogens is 4. The second-order valence-corrected chi connectivity index (χ2v) is 6.12. The summed E-state index contributed by atoms with van der Waals surface area (Å²) in [6.45, 7) is 4.07. The van der Waals surface area contributed by atoms with Crippen LogP contribution in [0.15, 0.2) is 53.8 Å². The summed E-state index contributed by atoms with van der Waals surface area (Å²) >= 11 is 0. The van der Waals surface area contributed by atoms with Gasteiger partial charge in [-0.3, -0.25) is 5.43 Å². The number of hydrazone groups is 1. The number of rotatable bonds is 8. The van der Waals surface area contributed by atoms with Crippen LogP contribution in [0.5, 0.6) is 0 Å². The van der Waals surface area contributed by atoms with Crippen LogP contribution < -0.4 is 16.1 Å². The Kier molecular flexibility index (Phi) is 4.46. The largest absolute Gasteiger partial charge is 0.350 e. The van der Waals surface area contributed by atoms with Crippen LogP contribution in [0, 0.1) is 5.92 Å². The minimum absolute atomic E-state index is 0.529. The van der Waals surface area contributed by atoms with Crippen molar-refractivity contribution in [2.75, 3.05) is 10.6 Å². The van der Waals surface area contributed by atoms with Gasteiger partial charge in [-0.1, -0.05) is 12.1 Å². The molecule has 0 atom stereocenters. The number of anilines is 2. The highest BCUT2D eigenvalue weighted by Gasteiger charge is 2.25. The van der Waals surface area contributed by atoms with E-state index in [2.05, 4.69) is 47.8 Å². The molecule has 1 fully saturated rings. The van der Waals surface area contributed by atoms with E-state index < -0.39 is 0 Å². The normalized spacial score (nSPS) is 14.2. The first-order chi connectivity index (χ1) is 12.8. The maximum Gasteiger partial charge on any atom is 0.224 e. The second-order valence-electron chi connectivity index (χ2n) is 6.12. The molecule has 26 heavy (non-hydrogen) atoms. The third-order valence-corrected chi connectivity index (χ3v) is 4.23. The molecule has 4 N–H and O–H groups in total. The van der Waals surface area contributed by atoms with Crippen molar-refractivity contribution in [1.29, 1.82) is 0 Å². The smallest absolute Gasteiger partial charge is 0.224 e. The molecule has 1 aromatic carbocycles. The molecular weight excluding hydrogens is 328 g/mol. The molecule has 2 aromatic heterocycles. The van der Waals surface area contributed by atoms with Crippen LogP contribution in [-0.4, -0.2) is 26.7 Å². The lowest BCUT2D eigenvalue weighted by Crippen LogP contribution is -2.09. The lowest BCUT2D eigenvalue weighted by molar-refractivity contribution is 0.792. The Morgan fingerprint density at radius 3 is 3.08 bits per heavy atom. The molecule has 0 unspecified atom stereocenters. The number of aromatic amines is 1. The van der Waals surface area contributed by atoms with Crippen molar-refractivity contribution in [3.8, 4) is 0 Å². The quantitative estimate of drug-likeness (QED) is 0.369. The van der Waals surface area contributed by atoms with Crippen molar-refractivity contribution in [2.45, 2.75) is 19.4 Å². The first-order valence-corrected chi connectivity index (χ1v) is 8.49. The minimum atomic E-state index is 0.529. The van der Waals surface area contributed by atoms with Crippen LogP contribution >= 0.6 is 0 Å². The van der Waals surface area contributed by atoms with Gasteiger partial charge in [0, 0.05) is 31.6 Å². The van der Waals surface area contributed by atoms with Crippen LogP contribution in [-0.2, 0) is 6.54 Å². The molecule has 8 heteroatoms. The van der Waals surface area contributed by atoms with E-state index in [1.807, 2.05) is 30.5 Å². The van der Waals surface area contributed by atoms with E-state index in [9.17, 15) is 0 Å². The number of fused-ring (bicyclic) bond motifs is 1. The second kappa shape index (κ2) is 7.22. The van der Waals surface area contributed by atoms with Crippen molar-refractivity contribution >= 4 is 29.5 Å². The average Bonchev–Trinajstić information content (AvgIpc) is 3.40. The van der Waals surface area contributed by atoms with Crippen molar-refractivity contribution in [3.63, 3.8) is 0 Å². The average molecular weight is 348 g/mol. The SMILES string of the molecule is C=NN/C(=C\Nc1ccnc(NCc2cccc3[nH]cnc23)n1)C1CC1. The summed E-state index contributed by atoms with van der Waals surface area (Å²) in [5, 5.41) is 10.2. The summed E-state index contributed by atoms with van der Waals surface area (Å²) in [6, 6.07) is 7.86. The third kappa shape index (κ3) is 3.64. The van der Waals surface area contributed by atoms with Gasteiger partial charge < -0.3 is 15.6 Å². The molecule has 0 radical (unpaired) electrons. The highest BCUT2D eigenvalue weighted by Crippen LogP contribution is 2.34. The van der Waals surface area contributed by atoms with Crippen LogP contribution in [0.25, 0.3) is 11.0 Å². The molecule has 8 nitrogen and oxygen atoms in total. The van der Waals surface area contributed by atoms with Crippen molar-refractivity contribution in [2.24, 2.45) is 11.0 Å². The number of H-pyrrole nitrogens is 1. The van der Waals surface area contributed by atoms with Crippen LogP contribution in [0.2, 0.25) is 0 Å². The zero-order valence-electron chi connectivity index (χ0n) is 14.2. The van der Waals surface area contributed by atoms with Gasteiger partial charge in [-0.05, 0) is 30.5 Å². The van der Waals surface area contributed by atoms with Crippen molar-refractivity contribution < 1.29 is 0 Å². The number of hydrogen-bond acceptors (Lipinski definition) is 7. The first-order valence-electron chi connectivity index (χ1n) is 8.49. The van der Waals surface area contributed by atoms with Gasteiger partial charge in [0.25, 0.3) is 0 Å². The lowest BCUT2D eigenvalue weighted by Gasteiger charge is -2.08. The summed E-state index contributed by atoms with van der Waals surface area (Å²) in [5.74, 6) is 1.80. The lowest BCUT2D eigenvalue weighted by atomic mass is 10.2. The predicted octanol–water partition coefficient (Wildman–Crippen LogP) is 2.83. The van der Waals surface area contributed by atoms with Gasteiger partial charge in [-0.15, -0.1) is 0 Å². The molecule has 0 bridgehead atoms. The molecule has 3 aromatic rings. The summed E-state index contributed by atoms with van der Waals surface area (Å²) in [5.41, 5.74) is 7.01. The van der Waals surface area contributed by atoms with Gasteiger partial charge in [0.2, 0.25) is 5.95 Å². The number of nitrogens with zero attached hydrogens (tertiary/aromatic N) is 4. The molecule has 0 amide bonds. The monoisotopic (exact) mass is 348 g/mol. The predicted molar refractivity (Wildman–Crippen MR) is 103 cm³/mol. The van der Waals surface area contributed by atoms with Gasteiger partial charge >= 0.3 is 0 Å². The molecule has 0 aliphatic heterocycles. The van der Waals surface area contributed by atoms with E-state index in [0.717, 1.165) is 22.3 Å². The summed E-state index contributed by atoms with van der Waals surface area (Å²) < 4.78 is 0. The number of nitrogens with one attached hydrogen (secondary N) is 4. The Morgan fingerprint density at radius 1 is 1.31 bits per heavy atom. The topological polar surface area (TPSA) is 103 Å². The molecule has 0 spiro atoms. The van der Waals surface area contributed by atoms with Gasteiger partial charge in [-0.2, -0.15) is 10.1 Å². The number of imidazole rings is 1. The molecule has 1 aliphatic rings. The zero-order valence-corrected chi connectivity index (χ0v) is 14.2. The highest BCUT2D eigenvalue weighted by molar-refractivity contribution is 5.78. The van der Waals surface area contributed by atoms with E-state index in [0.29, 0.717) is 24.2 Å². The molecule has 132 valence electrons. The minimum Gasteiger partial charge on any atom is -0.350 e. The fourth-order valence-corrected chi connectivity index (χ4v) is 2.75. The number of para-hydroxylation sites is 1. The summed E-state index contributed by atoms with van der Waals surface area (Å²) in [7, 11) is 0. The molecule has 2 heterocycles. The molecule has 1 aliphatic carbocycles. The van der Waals surface area contributed by atoms with Crippen molar-refractivity contribution in [3.05, 3.63) is 54.3 Å². The maximum absolute atomic E-state index is 4.49. The molecule has 0 saturated heterocycles. The Morgan fingerprint density at radius 2 is 2.23 bits per heavy atom. The Bertz CT molecular complexity index is 941. The fourth-order valence-electron chi connectivity index (χ4n) is 2.75. The summed E-state index contributed by atoms with van der Waals surface area (Å²) in [6.07, 6.45) is 7.65. The van der Waals surface area contributed by atoms with Crippen LogP contribution in [0.1, 0.15) is 18.4 Å². The number of allylic oxidation sites excluding steroid dienone is 1. The summed E-state index contributed by atoms with van der Waals surface area (Å²) in [4.78, 5) is 16.2. The Labute approximate surface area is 150 Å². The fraction of sp³-hybridized carbons (Fsp3) is 0.222. The van der Waals surface area contributed by atoms with Crippen LogP contribution in [0.3, 0.4) is 0 Å². The number of hydrogen-bond donors (Lipinski definition) is 4. The van der Waals surface area contributed by atoms with Gasteiger partial charge in [0.05, 0.1) is 23.1 Å². The van der Waals surface area contributed by atoms with E-state index in [-0.39, 0.29) is 0 Å². The van der Waals surface area contributed by atoms with E-state index in [1.54, 1.807) is 12.5 Å². The Balaban J connectivity index is 1.43. The van der Waals surface area contributed by atoms with Gasteiger partial charge in [-0.25, -0.2) is 9.97 Å². The van der Waals surface area contributed by atoms with Crippen LogP contribution in [0.4, 0.5) is 11.8 Å². The van der Waals surface area contributed by atoms with Gasteiger partial charge in [0.1, 0.15) is 5.82 Å². The van der Waals surface area contributed by atoms with Crippen molar-refractivity contribution in [1.82, 2.24) is 25.4 Å². The highest BCUT2D eigenvalue weighted by atomic mass is 15.3.